The van der Waals surface area contributed by atoms with Crippen molar-refractivity contribution in [1.82, 2.24) is 5.32 Å². The lowest BCUT2D eigenvalue weighted by atomic mass is 10.1. The van der Waals surface area contributed by atoms with Gasteiger partial charge >= 0.3 is 5.97 Å². The van der Waals surface area contributed by atoms with Gasteiger partial charge in [0.15, 0.2) is 0 Å². The molecule has 1 atom stereocenters. The van der Waals surface area contributed by atoms with Crippen molar-refractivity contribution in [2.24, 2.45) is 0 Å². The first-order valence-electron chi connectivity index (χ1n) is 7.14. The van der Waals surface area contributed by atoms with E-state index in [2.05, 4.69) is 36.5 Å². The molecule has 1 aromatic heterocycles. The van der Waals surface area contributed by atoms with E-state index in [0.717, 1.165) is 17.8 Å². The van der Waals surface area contributed by atoms with Gasteiger partial charge in [0.05, 0.1) is 19.6 Å². The first kappa shape index (κ1) is 15.7. The molecule has 112 valence electrons. The summed E-state index contributed by atoms with van der Waals surface area (Å²) in [6.45, 7) is 2.89. The average Bonchev–Trinajstić information content (AvgIpc) is 3.06. The smallest absolute Gasteiger partial charge is 0.307 e. The second-order valence-electron chi connectivity index (χ2n) is 4.90. The number of hydrogen-bond acceptors (Lipinski definition) is 4. The summed E-state index contributed by atoms with van der Waals surface area (Å²) in [4.78, 5) is 12.7. The third-order valence-electron chi connectivity index (χ3n) is 3.47. The molecule has 0 radical (unpaired) electrons. The number of aryl methyl sites for hydroxylation is 1. The van der Waals surface area contributed by atoms with Crippen molar-refractivity contribution >= 4 is 17.3 Å². The molecule has 0 aliphatic rings. The Morgan fingerprint density at radius 2 is 1.95 bits per heavy atom. The number of ether oxygens (including phenoxy) is 1. The number of thiophene rings is 1. The highest BCUT2D eigenvalue weighted by Crippen LogP contribution is 2.23. The van der Waals surface area contributed by atoms with E-state index in [4.69, 9.17) is 4.74 Å². The topological polar surface area (TPSA) is 38.3 Å². The summed E-state index contributed by atoms with van der Waals surface area (Å²) in [6, 6.07) is 12.6. The molecule has 0 amide bonds. The second kappa shape index (κ2) is 7.96. The van der Waals surface area contributed by atoms with Gasteiger partial charge in [0.2, 0.25) is 0 Å². The van der Waals surface area contributed by atoms with E-state index in [9.17, 15) is 4.79 Å². The fraction of sp³-hybridized carbons (Fsp3) is 0.353. The second-order valence-corrected chi connectivity index (χ2v) is 5.88. The molecule has 0 fully saturated rings. The van der Waals surface area contributed by atoms with Crippen LogP contribution in [0.5, 0.6) is 0 Å². The van der Waals surface area contributed by atoms with Crippen LogP contribution in [0.3, 0.4) is 0 Å². The lowest BCUT2D eigenvalue weighted by Crippen LogP contribution is -2.23. The van der Waals surface area contributed by atoms with Gasteiger partial charge in [0.25, 0.3) is 0 Å². The lowest BCUT2D eigenvalue weighted by Gasteiger charge is -2.16. The third kappa shape index (κ3) is 4.69. The maximum atomic E-state index is 11.6. The molecule has 0 aliphatic carbocycles. The van der Waals surface area contributed by atoms with E-state index in [-0.39, 0.29) is 12.0 Å². The van der Waals surface area contributed by atoms with E-state index >= 15 is 0 Å². The molecule has 0 spiro atoms. The summed E-state index contributed by atoms with van der Waals surface area (Å²) < 4.78 is 4.79. The van der Waals surface area contributed by atoms with Crippen LogP contribution in [0.2, 0.25) is 0 Å². The minimum atomic E-state index is -0.192. The summed E-state index contributed by atoms with van der Waals surface area (Å²) >= 11 is 1.65. The number of nitrogens with one attached hydrogen (secondary N) is 1. The molecule has 3 nitrogen and oxygen atoms in total. The van der Waals surface area contributed by atoms with Crippen molar-refractivity contribution in [2.45, 2.75) is 32.4 Å². The highest BCUT2D eigenvalue weighted by molar-refractivity contribution is 7.10. The summed E-state index contributed by atoms with van der Waals surface area (Å²) in [6.07, 6.45) is 1.40. The van der Waals surface area contributed by atoms with E-state index in [0.29, 0.717) is 6.42 Å². The predicted octanol–water partition coefficient (Wildman–Crippen LogP) is 3.70. The number of methoxy groups -OCH3 is 1. The Morgan fingerprint density at radius 3 is 2.52 bits per heavy atom. The molecule has 4 heteroatoms. The van der Waals surface area contributed by atoms with Crippen LogP contribution < -0.4 is 5.32 Å². The largest absolute Gasteiger partial charge is 0.469 e. The van der Waals surface area contributed by atoms with Crippen LogP contribution in [0.1, 0.15) is 35.4 Å². The number of esters is 1. The van der Waals surface area contributed by atoms with Crippen LogP contribution in [0, 0.1) is 0 Å². The van der Waals surface area contributed by atoms with Gasteiger partial charge in [-0.05, 0) is 29.0 Å². The molecule has 1 unspecified atom stereocenters. The Kier molecular flexibility index (Phi) is 5.96. The fourth-order valence-electron chi connectivity index (χ4n) is 2.15. The predicted molar refractivity (Wildman–Crippen MR) is 86.4 cm³/mol. The zero-order chi connectivity index (χ0) is 15.1. The van der Waals surface area contributed by atoms with Crippen molar-refractivity contribution in [2.75, 3.05) is 7.11 Å². The van der Waals surface area contributed by atoms with Gasteiger partial charge in [-0.3, -0.25) is 4.79 Å². The fourth-order valence-corrected chi connectivity index (χ4v) is 2.95. The molecule has 0 saturated carbocycles. The summed E-state index contributed by atoms with van der Waals surface area (Å²) in [5.41, 5.74) is 2.56. The monoisotopic (exact) mass is 303 g/mol. The normalized spacial score (nSPS) is 12.1. The van der Waals surface area contributed by atoms with Crippen molar-refractivity contribution in [3.8, 4) is 0 Å². The zero-order valence-corrected chi connectivity index (χ0v) is 13.3. The molecule has 2 aromatic rings. The van der Waals surface area contributed by atoms with Gasteiger partial charge in [-0.25, -0.2) is 0 Å². The number of benzene rings is 1. The molecule has 2 rings (SSSR count). The maximum Gasteiger partial charge on any atom is 0.307 e. The number of rotatable bonds is 7. The Balaban J connectivity index is 1.99. The summed E-state index contributed by atoms with van der Waals surface area (Å²) in [7, 11) is 1.43. The minimum Gasteiger partial charge on any atom is -0.469 e. The Labute approximate surface area is 130 Å². The maximum absolute atomic E-state index is 11.6. The molecule has 1 N–H and O–H groups in total. The molecular formula is C17H21NO2S. The van der Waals surface area contributed by atoms with Crippen molar-refractivity contribution in [1.29, 1.82) is 0 Å². The summed E-state index contributed by atoms with van der Waals surface area (Å²) in [5, 5.41) is 5.48. The standard InChI is InChI=1S/C17H21NO2S/c1-3-13-6-8-14(9-7-13)12-18-15(11-17(19)20-2)16-5-4-10-21-16/h4-10,15,18H,3,11-12H2,1-2H3. The molecule has 0 aliphatic heterocycles. The van der Waals surface area contributed by atoms with Gasteiger partial charge in [-0.15, -0.1) is 11.3 Å². The minimum absolute atomic E-state index is 0.00306. The number of hydrogen-bond donors (Lipinski definition) is 1. The highest BCUT2D eigenvalue weighted by Gasteiger charge is 2.16. The van der Waals surface area contributed by atoms with Crippen molar-refractivity contribution in [3.05, 3.63) is 57.8 Å². The quantitative estimate of drug-likeness (QED) is 0.793. The lowest BCUT2D eigenvalue weighted by molar-refractivity contribution is -0.141. The third-order valence-corrected chi connectivity index (χ3v) is 4.45. The van der Waals surface area contributed by atoms with Crippen LogP contribution in [-0.4, -0.2) is 13.1 Å². The number of carbonyl (C=O) groups is 1. The molecule has 21 heavy (non-hydrogen) atoms. The highest BCUT2D eigenvalue weighted by atomic mass is 32.1. The SMILES string of the molecule is CCc1ccc(CNC(CC(=O)OC)c2cccs2)cc1. The summed E-state index contributed by atoms with van der Waals surface area (Å²) in [5.74, 6) is -0.192. The number of carbonyl (C=O) groups excluding carboxylic acids is 1. The van der Waals surface area contributed by atoms with E-state index < -0.39 is 0 Å². The van der Waals surface area contributed by atoms with E-state index in [1.165, 1.54) is 18.2 Å². The Hall–Kier alpha value is -1.65. The first-order chi connectivity index (χ1) is 10.2. The molecule has 1 aromatic carbocycles. The molecular weight excluding hydrogens is 282 g/mol. The van der Waals surface area contributed by atoms with Crippen LogP contribution in [-0.2, 0) is 22.5 Å². The Bertz CT molecular complexity index is 549. The van der Waals surface area contributed by atoms with Crippen LogP contribution >= 0.6 is 11.3 Å². The van der Waals surface area contributed by atoms with Crippen LogP contribution in [0.15, 0.2) is 41.8 Å². The van der Waals surface area contributed by atoms with Gasteiger partial charge in [-0.1, -0.05) is 37.3 Å². The van der Waals surface area contributed by atoms with Gasteiger partial charge in [0, 0.05) is 11.4 Å². The Morgan fingerprint density at radius 1 is 1.24 bits per heavy atom. The van der Waals surface area contributed by atoms with Crippen LogP contribution in [0.4, 0.5) is 0 Å². The molecule has 0 saturated heterocycles. The van der Waals surface area contributed by atoms with E-state index in [1.807, 2.05) is 17.5 Å². The van der Waals surface area contributed by atoms with E-state index in [1.54, 1.807) is 11.3 Å². The van der Waals surface area contributed by atoms with Crippen molar-refractivity contribution < 1.29 is 9.53 Å². The van der Waals surface area contributed by atoms with Gasteiger partial charge < -0.3 is 10.1 Å². The zero-order valence-electron chi connectivity index (χ0n) is 12.5. The molecule has 0 bridgehead atoms. The van der Waals surface area contributed by atoms with Gasteiger partial charge in [0.1, 0.15) is 0 Å². The average molecular weight is 303 g/mol. The van der Waals surface area contributed by atoms with Crippen molar-refractivity contribution in [3.63, 3.8) is 0 Å². The van der Waals surface area contributed by atoms with Gasteiger partial charge in [-0.2, -0.15) is 0 Å². The first-order valence-corrected chi connectivity index (χ1v) is 8.02. The molecule has 1 heterocycles. The van der Waals surface area contributed by atoms with Crippen LogP contribution in [0.25, 0.3) is 0 Å².